The zero-order valence-electron chi connectivity index (χ0n) is 9.66. The van der Waals surface area contributed by atoms with Crippen LogP contribution in [-0.2, 0) is 24.8 Å². The van der Waals surface area contributed by atoms with Gasteiger partial charge >= 0.3 is 5.97 Å². The van der Waals surface area contributed by atoms with E-state index in [-0.39, 0.29) is 12.1 Å². The molecule has 0 fully saturated rings. The molecule has 0 unspecified atom stereocenters. The molecule has 1 heterocycles. The highest BCUT2D eigenvalue weighted by atomic mass is 16.4. The van der Waals surface area contributed by atoms with Gasteiger partial charge in [-0.3, -0.25) is 4.68 Å². The summed E-state index contributed by atoms with van der Waals surface area (Å²) in [6, 6.07) is 0. The summed E-state index contributed by atoms with van der Waals surface area (Å²) in [5.41, 5.74) is 2.31. The quantitative estimate of drug-likeness (QED) is 0.697. The van der Waals surface area contributed by atoms with Gasteiger partial charge in [-0.25, -0.2) is 4.79 Å². The van der Waals surface area contributed by atoms with Crippen LogP contribution in [0.15, 0.2) is 18.3 Å². The van der Waals surface area contributed by atoms with Crippen LogP contribution in [0.4, 0.5) is 0 Å². The maximum atomic E-state index is 10.5. The van der Waals surface area contributed by atoms with E-state index in [1.165, 1.54) is 0 Å². The Morgan fingerprint density at radius 1 is 1.69 bits per heavy atom. The van der Waals surface area contributed by atoms with Gasteiger partial charge in [-0.05, 0) is 6.42 Å². The van der Waals surface area contributed by atoms with E-state index >= 15 is 0 Å². The van der Waals surface area contributed by atoms with Crippen molar-refractivity contribution in [3.8, 4) is 0 Å². The lowest BCUT2D eigenvalue weighted by Crippen LogP contribution is -2.20. The number of carboxylic acids is 1. The van der Waals surface area contributed by atoms with Crippen molar-refractivity contribution in [1.29, 1.82) is 0 Å². The van der Waals surface area contributed by atoms with Gasteiger partial charge in [0.05, 0.1) is 5.69 Å². The van der Waals surface area contributed by atoms with Gasteiger partial charge in [0.25, 0.3) is 0 Å². The van der Waals surface area contributed by atoms with Crippen molar-refractivity contribution in [2.45, 2.75) is 19.9 Å². The highest BCUT2D eigenvalue weighted by Gasteiger charge is 2.07. The normalized spacial score (nSPS) is 10.4. The first-order valence-electron chi connectivity index (χ1n) is 5.17. The SMILES string of the molecule is C=C(CNCc1cn(C)nc1CC)C(=O)O. The molecule has 2 N–H and O–H groups in total. The molecular formula is C11H17N3O2. The van der Waals surface area contributed by atoms with Crippen LogP contribution in [0.5, 0.6) is 0 Å². The lowest BCUT2D eigenvalue weighted by Gasteiger charge is -2.03. The van der Waals surface area contributed by atoms with Crippen LogP contribution in [0.1, 0.15) is 18.2 Å². The van der Waals surface area contributed by atoms with E-state index in [1.54, 1.807) is 4.68 Å². The first kappa shape index (κ1) is 12.4. The third kappa shape index (κ3) is 3.20. The number of nitrogens with zero attached hydrogens (tertiary/aromatic N) is 2. The molecule has 5 nitrogen and oxygen atoms in total. The summed E-state index contributed by atoms with van der Waals surface area (Å²) in [4.78, 5) is 10.5. The Kier molecular flexibility index (Phi) is 4.25. The summed E-state index contributed by atoms with van der Waals surface area (Å²) >= 11 is 0. The molecule has 0 amide bonds. The molecule has 1 rings (SSSR count). The van der Waals surface area contributed by atoms with Crippen molar-refractivity contribution in [1.82, 2.24) is 15.1 Å². The first-order chi connectivity index (χ1) is 7.54. The molecule has 0 bridgehead atoms. The number of aliphatic carboxylic acids is 1. The Bertz CT molecular complexity index is 396. The number of rotatable bonds is 6. The molecule has 0 aliphatic heterocycles. The van der Waals surface area contributed by atoms with Crippen molar-refractivity contribution in [2.24, 2.45) is 7.05 Å². The minimum Gasteiger partial charge on any atom is -0.478 e. The fourth-order valence-electron chi connectivity index (χ4n) is 1.45. The molecule has 88 valence electrons. The lowest BCUT2D eigenvalue weighted by atomic mass is 10.2. The summed E-state index contributed by atoms with van der Waals surface area (Å²) in [6.07, 6.45) is 2.81. The fraction of sp³-hybridized carbons (Fsp3) is 0.455. The monoisotopic (exact) mass is 223 g/mol. The van der Waals surface area contributed by atoms with Crippen molar-refractivity contribution < 1.29 is 9.90 Å². The van der Waals surface area contributed by atoms with Crippen LogP contribution in [0.2, 0.25) is 0 Å². The molecular weight excluding hydrogens is 206 g/mol. The van der Waals surface area contributed by atoms with Crippen molar-refractivity contribution in [3.05, 3.63) is 29.6 Å². The number of hydrogen-bond donors (Lipinski definition) is 2. The Balaban J connectivity index is 2.48. The molecule has 1 aromatic rings. The predicted octanol–water partition coefficient (Wildman–Crippen LogP) is 0.713. The molecule has 1 aromatic heterocycles. The topological polar surface area (TPSA) is 67.2 Å². The van der Waals surface area contributed by atoms with Crippen molar-refractivity contribution >= 4 is 5.97 Å². The second-order valence-corrected chi connectivity index (χ2v) is 3.64. The Morgan fingerprint density at radius 2 is 2.38 bits per heavy atom. The third-order valence-electron chi connectivity index (χ3n) is 2.28. The molecule has 0 aromatic carbocycles. The fourth-order valence-corrected chi connectivity index (χ4v) is 1.45. The van der Waals surface area contributed by atoms with Gasteiger partial charge < -0.3 is 10.4 Å². The van der Waals surface area contributed by atoms with E-state index in [0.29, 0.717) is 6.54 Å². The van der Waals surface area contributed by atoms with E-state index in [2.05, 4.69) is 17.0 Å². The lowest BCUT2D eigenvalue weighted by molar-refractivity contribution is -0.132. The minimum absolute atomic E-state index is 0.168. The molecule has 0 aliphatic rings. The highest BCUT2D eigenvalue weighted by Crippen LogP contribution is 2.06. The molecule has 16 heavy (non-hydrogen) atoms. The van der Waals surface area contributed by atoms with Crippen LogP contribution in [0.25, 0.3) is 0 Å². The number of hydrogen-bond acceptors (Lipinski definition) is 3. The van der Waals surface area contributed by atoms with Crippen LogP contribution in [0, 0.1) is 0 Å². The summed E-state index contributed by atoms with van der Waals surface area (Å²) in [6.45, 7) is 6.39. The van der Waals surface area contributed by atoms with Gasteiger partial charge in [-0.1, -0.05) is 13.5 Å². The van der Waals surface area contributed by atoms with Crippen LogP contribution >= 0.6 is 0 Å². The average Bonchev–Trinajstić information content (AvgIpc) is 2.58. The van der Waals surface area contributed by atoms with Gasteiger partial charge in [-0.15, -0.1) is 0 Å². The van der Waals surface area contributed by atoms with Crippen molar-refractivity contribution in [3.63, 3.8) is 0 Å². The molecule has 0 spiro atoms. The molecule has 0 radical (unpaired) electrons. The van der Waals surface area contributed by atoms with Gasteiger partial charge in [0.2, 0.25) is 0 Å². The maximum absolute atomic E-state index is 10.5. The van der Waals surface area contributed by atoms with Crippen molar-refractivity contribution in [2.75, 3.05) is 6.54 Å². The molecule has 0 aliphatic carbocycles. The maximum Gasteiger partial charge on any atom is 0.332 e. The second-order valence-electron chi connectivity index (χ2n) is 3.64. The zero-order chi connectivity index (χ0) is 12.1. The van der Waals surface area contributed by atoms with E-state index in [4.69, 9.17) is 5.11 Å². The van der Waals surface area contributed by atoms with E-state index in [1.807, 2.05) is 20.2 Å². The van der Waals surface area contributed by atoms with Crippen LogP contribution < -0.4 is 5.32 Å². The second kappa shape index (κ2) is 5.46. The number of carboxylic acid groups (broad SMARTS) is 1. The summed E-state index contributed by atoms with van der Waals surface area (Å²) in [5.74, 6) is -0.964. The molecule has 0 saturated heterocycles. The average molecular weight is 223 g/mol. The zero-order valence-corrected chi connectivity index (χ0v) is 9.66. The summed E-state index contributed by atoms with van der Waals surface area (Å²) < 4.78 is 1.77. The van der Waals surface area contributed by atoms with E-state index in [9.17, 15) is 4.79 Å². The Labute approximate surface area is 94.8 Å². The third-order valence-corrected chi connectivity index (χ3v) is 2.28. The standard InChI is InChI=1S/C11H17N3O2/c1-4-10-9(7-14(3)13-10)6-12-5-8(2)11(15)16/h7,12H,2,4-6H2,1,3H3,(H,15,16). The number of nitrogens with one attached hydrogen (secondary N) is 1. The largest absolute Gasteiger partial charge is 0.478 e. The van der Waals surface area contributed by atoms with Gasteiger partial charge in [0.1, 0.15) is 0 Å². The van der Waals surface area contributed by atoms with Gasteiger partial charge in [0.15, 0.2) is 0 Å². The highest BCUT2D eigenvalue weighted by molar-refractivity contribution is 5.86. The Hall–Kier alpha value is -1.62. The van der Waals surface area contributed by atoms with E-state index in [0.717, 1.165) is 17.7 Å². The number of aryl methyl sites for hydroxylation is 2. The molecule has 0 atom stereocenters. The van der Waals surface area contributed by atoms with E-state index < -0.39 is 5.97 Å². The predicted molar refractivity (Wildman–Crippen MR) is 61.1 cm³/mol. The van der Waals surface area contributed by atoms with Gasteiger partial charge in [-0.2, -0.15) is 5.10 Å². The molecule has 5 heteroatoms. The van der Waals surface area contributed by atoms with Gasteiger partial charge in [0, 0.05) is 37.5 Å². The number of carbonyl (C=O) groups is 1. The minimum atomic E-state index is -0.964. The Morgan fingerprint density at radius 3 is 2.94 bits per heavy atom. The smallest absolute Gasteiger partial charge is 0.332 e. The van der Waals surface area contributed by atoms with Crippen LogP contribution in [0.3, 0.4) is 0 Å². The van der Waals surface area contributed by atoms with Crippen LogP contribution in [-0.4, -0.2) is 27.4 Å². The summed E-state index contributed by atoms with van der Waals surface area (Å²) in [7, 11) is 1.87. The molecule has 0 saturated carbocycles. The first-order valence-corrected chi connectivity index (χ1v) is 5.17. The number of aromatic nitrogens is 2. The summed E-state index contributed by atoms with van der Waals surface area (Å²) in [5, 5.41) is 16.0.